The number of carbonyl (C=O) groups is 2. The van der Waals surface area contributed by atoms with E-state index in [9.17, 15) is 14.7 Å². The number of hydrogen-bond donors (Lipinski definition) is 2. The van der Waals surface area contributed by atoms with E-state index >= 15 is 0 Å². The number of methoxy groups -OCH3 is 2. The molecule has 0 aromatic heterocycles. The maximum Gasteiger partial charge on any atom is 0.256 e. The summed E-state index contributed by atoms with van der Waals surface area (Å²) in [6, 6.07) is 10.1. The average molecular weight is 368 g/mol. The number of aliphatic hydroxyl groups is 1. The molecule has 2 amide bonds. The Balaban J connectivity index is 1.79. The van der Waals surface area contributed by atoms with Crippen molar-refractivity contribution in [3.05, 3.63) is 42.0 Å². The number of rotatable bonds is 3. The molecule has 0 aliphatic carbocycles. The van der Waals surface area contributed by atoms with Crippen molar-refractivity contribution in [3.8, 4) is 22.6 Å². The molecule has 0 spiro atoms. The highest BCUT2D eigenvalue weighted by molar-refractivity contribution is 6.10. The highest BCUT2D eigenvalue weighted by Crippen LogP contribution is 2.37. The number of nitrogens with zero attached hydrogens (tertiary/aromatic N) is 1. The van der Waals surface area contributed by atoms with E-state index in [1.165, 1.54) is 4.90 Å². The van der Waals surface area contributed by atoms with Crippen LogP contribution in [0.5, 0.6) is 11.5 Å². The first kappa shape index (κ1) is 17.4. The number of anilines is 1. The third kappa shape index (κ3) is 2.90. The summed E-state index contributed by atoms with van der Waals surface area (Å²) in [7, 11) is 3.16. The van der Waals surface area contributed by atoms with E-state index in [4.69, 9.17) is 9.47 Å². The lowest BCUT2D eigenvalue weighted by atomic mass is 10.00. The summed E-state index contributed by atoms with van der Waals surface area (Å²) in [6.45, 7) is 0.159. The number of hydrogen-bond acceptors (Lipinski definition) is 5. The number of benzene rings is 2. The van der Waals surface area contributed by atoms with Crippen LogP contribution in [0.25, 0.3) is 11.1 Å². The van der Waals surface area contributed by atoms with Crippen LogP contribution in [0.2, 0.25) is 0 Å². The topological polar surface area (TPSA) is 88.1 Å². The molecule has 0 bridgehead atoms. The van der Waals surface area contributed by atoms with Gasteiger partial charge in [0.1, 0.15) is 17.5 Å². The fraction of sp³-hybridized carbons (Fsp3) is 0.300. The second kappa shape index (κ2) is 6.59. The Morgan fingerprint density at radius 2 is 1.89 bits per heavy atom. The van der Waals surface area contributed by atoms with Gasteiger partial charge in [-0.1, -0.05) is 6.07 Å². The van der Waals surface area contributed by atoms with Crippen LogP contribution in [0.15, 0.2) is 36.4 Å². The highest BCUT2D eigenvalue weighted by atomic mass is 16.5. The van der Waals surface area contributed by atoms with Gasteiger partial charge in [-0.05, 0) is 29.8 Å². The van der Waals surface area contributed by atoms with Crippen molar-refractivity contribution < 1.29 is 24.2 Å². The van der Waals surface area contributed by atoms with Gasteiger partial charge in [-0.15, -0.1) is 0 Å². The van der Waals surface area contributed by atoms with Gasteiger partial charge in [0.25, 0.3) is 5.91 Å². The fourth-order valence-corrected chi connectivity index (χ4v) is 3.69. The summed E-state index contributed by atoms with van der Waals surface area (Å²) in [5.74, 6) is 0.754. The highest BCUT2D eigenvalue weighted by Gasteiger charge is 2.42. The van der Waals surface area contributed by atoms with Gasteiger partial charge in [0, 0.05) is 24.6 Å². The molecule has 2 aliphatic heterocycles. The minimum atomic E-state index is -0.684. The Labute approximate surface area is 156 Å². The SMILES string of the molecule is COc1ccc(-c2ccc3c(c2)C(=O)N2CC(O)CC2C(=O)N3)c(OC)c1. The molecule has 2 heterocycles. The molecule has 2 unspecified atom stereocenters. The molecule has 2 atom stereocenters. The molecule has 0 radical (unpaired) electrons. The average Bonchev–Trinajstić information content (AvgIpc) is 3.05. The van der Waals surface area contributed by atoms with Gasteiger partial charge in [0.15, 0.2) is 0 Å². The van der Waals surface area contributed by atoms with E-state index in [1.54, 1.807) is 32.4 Å². The van der Waals surface area contributed by atoms with Crippen molar-refractivity contribution in [2.24, 2.45) is 0 Å². The predicted molar refractivity (Wildman–Crippen MR) is 99.1 cm³/mol. The molecule has 27 heavy (non-hydrogen) atoms. The predicted octanol–water partition coefficient (Wildman–Crippen LogP) is 1.90. The Kier molecular flexibility index (Phi) is 4.24. The van der Waals surface area contributed by atoms with Crippen LogP contribution in [0, 0.1) is 0 Å². The summed E-state index contributed by atoms with van der Waals surface area (Å²) < 4.78 is 10.7. The van der Waals surface area contributed by atoms with E-state index in [2.05, 4.69) is 5.32 Å². The number of carbonyl (C=O) groups excluding carboxylic acids is 2. The molecular formula is C20H20N2O5. The monoisotopic (exact) mass is 368 g/mol. The molecule has 1 fully saturated rings. The minimum Gasteiger partial charge on any atom is -0.497 e. The van der Waals surface area contributed by atoms with Crippen LogP contribution in [0.1, 0.15) is 16.8 Å². The zero-order valence-electron chi connectivity index (χ0n) is 15.1. The molecule has 7 heteroatoms. The van der Waals surface area contributed by atoms with Gasteiger partial charge < -0.3 is 24.8 Å². The summed E-state index contributed by atoms with van der Waals surface area (Å²) in [4.78, 5) is 26.9. The van der Waals surface area contributed by atoms with Gasteiger partial charge in [-0.25, -0.2) is 0 Å². The molecule has 2 aliphatic rings. The molecule has 2 N–H and O–H groups in total. The van der Waals surface area contributed by atoms with E-state index < -0.39 is 12.1 Å². The van der Waals surface area contributed by atoms with Crippen molar-refractivity contribution in [1.29, 1.82) is 0 Å². The number of fused-ring (bicyclic) bond motifs is 2. The number of nitrogens with one attached hydrogen (secondary N) is 1. The Morgan fingerprint density at radius 1 is 1.07 bits per heavy atom. The first-order chi connectivity index (χ1) is 13.0. The molecule has 140 valence electrons. The van der Waals surface area contributed by atoms with Crippen LogP contribution in [0.3, 0.4) is 0 Å². The van der Waals surface area contributed by atoms with Gasteiger partial charge in [-0.2, -0.15) is 0 Å². The van der Waals surface area contributed by atoms with Gasteiger partial charge in [0.05, 0.1) is 31.6 Å². The number of amides is 2. The zero-order valence-corrected chi connectivity index (χ0v) is 15.1. The number of aliphatic hydroxyl groups excluding tert-OH is 1. The number of ether oxygens (including phenoxy) is 2. The van der Waals surface area contributed by atoms with Gasteiger partial charge >= 0.3 is 0 Å². The smallest absolute Gasteiger partial charge is 0.256 e. The lowest BCUT2D eigenvalue weighted by molar-refractivity contribution is -0.119. The fourth-order valence-electron chi connectivity index (χ4n) is 3.69. The molecule has 1 saturated heterocycles. The molecular weight excluding hydrogens is 348 g/mol. The zero-order chi connectivity index (χ0) is 19.1. The minimum absolute atomic E-state index is 0.159. The largest absolute Gasteiger partial charge is 0.497 e. The molecule has 4 rings (SSSR count). The third-order valence-corrected chi connectivity index (χ3v) is 5.07. The van der Waals surface area contributed by atoms with E-state index in [1.807, 2.05) is 18.2 Å². The van der Waals surface area contributed by atoms with E-state index in [0.29, 0.717) is 22.7 Å². The van der Waals surface area contributed by atoms with Crippen molar-refractivity contribution >= 4 is 17.5 Å². The maximum absolute atomic E-state index is 13.0. The van der Waals surface area contributed by atoms with Crippen molar-refractivity contribution in [2.75, 3.05) is 26.1 Å². The van der Waals surface area contributed by atoms with Crippen LogP contribution in [0.4, 0.5) is 5.69 Å². The first-order valence-corrected chi connectivity index (χ1v) is 8.68. The second-order valence-electron chi connectivity index (χ2n) is 6.68. The lowest BCUT2D eigenvalue weighted by Crippen LogP contribution is -2.40. The van der Waals surface area contributed by atoms with Crippen LogP contribution >= 0.6 is 0 Å². The second-order valence-corrected chi connectivity index (χ2v) is 6.68. The van der Waals surface area contributed by atoms with Crippen molar-refractivity contribution in [1.82, 2.24) is 4.90 Å². The molecule has 0 saturated carbocycles. The van der Waals surface area contributed by atoms with Crippen LogP contribution in [-0.2, 0) is 4.79 Å². The van der Waals surface area contributed by atoms with Crippen LogP contribution in [-0.4, -0.2) is 54.7 Å². The summed E-state index contributed by atoms with van der Waals surface area (Å²) in [5.41, 5.74) is 2.47. The Hall–Kier alpha value is -3.06. The molecule has 7 nitrogen and oxygen atoms in total. The summed E-state index contributed by atoms with van der Waals surface area (Å²) in [6.07, 6.45) is -0.429. The molecule has 2 aromatic rings. The quantitative estimate of drug-likeness (QED) is 0.864. The Morgan fingerprint density at radius 3 is 2.63 bits per heavy atom. The summed E-state index contributed by atoms with van der Waals surface area (Å²) in [5, 5.41) is 12.7. The standard InChI is InChI=1S/C20H20N2O5/c1-26-13-4-5-14(18(9-13)27-2)11-3-6-16-15(7-11)20(25)22-10-12(23)8-17(22)19(24)21-16/h3-7,9,12,17,23H,8,10H2,1-2H3,(H,21,24). The van der Waals surface area contributed by atoms with Gasteiger partial charge in [-0.3, -0.25) is 9.59 Å². The van der Waals surface area contributed by atoms with Crippen molar-refractivity contribution in [3.63, 3.8) is 0 Å². The first-order valence-electron chi connectivity index (χ1n) is 8.68. The summed E-state index contributed by atoms with van der Waals surface area (Å²) >= 11 is 0. The Bertz CT molecular complexity index is 927. The van der Waals surface area contributed by atoms with E-state index in [-0.39, 0.29) is 24.8 Å². The third-order valence-electron chi connectivity index (χ3n) is 5.07. The molecule has 2 aromatic carbocycles. The van der Waals surface area contributed by atoms with Crippen LogP contribution < -0.4 is 14.8 Å². The normalized spacial score (nSPS) is 21.2. The van der Waals surface area contributed by atoms with E-state index in [0.717, 1.165) is 11.1 Å². The maximum atomic E-state index is 13.0. The lowest BCUT2D eigenvalue weighted by Gasteiger charge is -2.19. The van der Waals surface area contributed by atoms with Gasteiger partial charge in [0.2, 0.25) is 5.91 Å². The van der Waals surface area contributed by atoms with Crippen molar-refractivity contribution in [2.45, 2.75) is 18.6 Å².